The minimum Gasteiger partial charge on any atom is -0.457 e. The molecule has 0 unspecified atom stereocenters. The lowest BCUT2D eigenvalue weighted by Gasteiger charge is -2.17. The van der Waals surface area contributed by atoms with Crippen molar-refractivity contribution in [1.82, 2.24) is 24.1 Å². The Hall–Kier alpha value is -13.9. The Labute approximate surface area is 573 Å². The van der Waals surface area contributed by atoms with Gasteiger partial charge in [-0.2, -0.15) is 10.5 Å². The van der Waals surface area contributed by atoms with Crippen molar-refractivity contribution in [2.75, 3.05) is 0 Å². The number of carbonyl (C=O) groups excluding carboxylic acids is 4. The Balaban J connectivity index is 0.878. The highest BCUT2D eigenvalue weighted by molar-refractivity contribution is 6.15. The smallest absolute Gasteiger partial charge is 0.338 e. The topological polar surface area (TPSA) is 201 Å². The molecule has 100 heavy (non-hydrogen) atoms. The van der Waals surface area contributed by atoms with E-state index in [1.165, 1.54) is 0 Å². The molecule has 0 N–H and O–H groups in total. The highest BCUT2D eigenvalue weighted by atomic mass is 16.5. The zero-order valence-electron chi connectivity index (χ0n) is 53.4. The van der Waals surface area contributed by atoms with Crippen molar-refractivity contribution < 1.29 is 38.1 Å². The average Bonchev–Trinajstić information content (AvgIpc) is 1.55. The SMILES string of the molecule is N#Cc1ccc(-c2ccc(-c3nc(-c4ccccc4)nc(-c4ccc(C#N)c(-n5c6ccc(C(=O)OCc7ccccc7)cc6c6cc(C(=O)OCc7ccccc7)ccc65)c4)n3)cc2-n2c3ccc(C(=O)OCc4ccccc4)cc3c3cc(C(=O)OCc4ccccc4)ccc32)cc1. The average molecular weight is 1300 g/mol. The molecule has 478 valence electrons. The lowest BCUT2D eigenvalue weighted by Crippen LogP contribution is -2.05. The Bertz CT molecular complexity index is 5540. The van der Waals surface area contributed by atoms with Crippen LogP contribution >= 0.6 is 0 Å². The first kappa shape index (κ1) is 62.2. The monoisotopic (exact) mass is 1300 g/mol. The molecule has 0 bridgehead atoms. The van der Waals surface area contributed by atoms with E-state index in [4.69, 9.17) is 33.9 Å². The van der Waals surface area contributed by atoms with Crippen LogP contribution in [0.25, 0.3) is 100 Å². The second-order valence-corrected chi connectivity index (χ2v) is 23.8. The molecular formula is C85H55N7O8. The normalized spacial score (nSPS) is 11.1. The molecule has 0 spiro atoms. The van der Waals surface area contributed by atoms with E-state index in [0.29, 0.717) is 106 Å². The number of carbonyl (C=O) groups is 4. The molecule has 0 radical (unpaired) electrons. The van der Waals surface area contributed by atoms with Gasteiger partial charge in [-0.25, -0.2) is 34.1 Å². The molecule has 15 nitrogen and oxygen atoms in total. The van der Waals surface area contributed by atoms with Crippen LogP contribution in [0.5, 0.6) is 0 Å². The summed E-state index contributed by atoms with van der Waals surface area (Å²) in [5, 5.41) is 23.5. The molecule has 0 saturated carbocycles. The van der Waals surface area contributed by atoms with Crippen molar-refractivity contribution >= 4 is 67.5 Å². The van der Waals surface area contributed by atoms with Gasteiger partial charge in [0.15, 0.2) is 17.5 Å². The molecule has 0 atom stereocenters. The van der Waals surface area contributed by atoms with Crippen LogP contribution < -0.4 is 0 Å². The minimum atomic E-state index is -0.546. The lowest BCUT2D eigenvalue weighted by atomic mass is 9.99. The van der Waals surface area contributed by atoms with Crippen LogP contribution in [0.3, 0.4) is 0 Å². The summed E-state index contributed by atoms with van der Waals surface area (Å²) in [4.78, 5) is 71.5. The molecule has 3 heterocycles. The number of hydrogen-bond acceptors (Lipinski definition) is 13. The van der Waals surface area contributed by atoms with E-state index >= 15 is 0 Å². The maximum absolute atomic E-state index is 14.0. The van der Waals surface area contributed by atoms with Crippen LogP contribution in [0.4, 0.5) is 0 Å². The third kappa shape index (κ3) is 12.7. The summed E-state index contributed by atoms with van der Waals surface area (Å²) in [6.07, 6.45) is 0. The number of fused-ring (bicyclic) bond motifs is 6. The number of esters is 4. The zero-order chi connectivity index (χ0) is 68.1. The van der Waals surface area contributed by atoms with Gasteiger partial charge >= 0.3 is 23.9 Å². The fourth-order valence-corrected chi connectivity index (χ4v) is 12.4. The van der Waals surface area contributed by atoms with Gasteiger partial charge in [0.05, 0.1) is 72.9 Å². The van der Waals surface area contributed by atoms with Gasteiger partial charge in [0.25, 0.3) is 0 Å². The Morgan fingerprint density at radius 2 is 0.630 bits per heavy atom. The van der Waals surface area contributed by atoms with Crippen LogP contribution in [-0.2, 0) is 45.4 Å². The molecule has 0 aliphatic rings. The number of nitrogens with zero attached hydrogens (tertiary/aromatic N) is 7. The van der Waals surface area contributed by atoms with Gasteiger partial charge in [-0.05, 0) is 137 Å². The van der Waals surface area contributed by atoms with Gasteiger partial charge in [-0.15, -0.1) is 0 Å². The number of nitriles is 2. The molecule has 15 aromatic rings. The summed E-state index contributed by atoms with van der Waals surface area (Å²) in [5.41, 5.74) is 12.4. The maximum Gasteiger partial charge on any atom is 0.338 e. The molecule has 3 aromatic heterocycles. The van der Waals surface area contributed by atoms with Gasteiger partial charge in [0.2, 0.25) is 0 Å². The first-order valence-corrected chi connectivity index (χ1v) is 32.1. The van der Waals surface area contributed by atoms with E-state index in [9.17, 15) is 29.7 Å². The van der Waals surface area contributed by atoms with Gasteiger partial charge in [-0.3, -0.25) is 0 Å². The number of aromatic nitrogens is 5. The van der Waals surface area contributed by atoms with E-state index in [0.717, 1.165) is 33.4 Å². The fourth-order valence-electron chi connectivity index (χ4n) is 12.4. The summed E-state index contributed by atoms with van der Waals surface area (Å²) in [5.74, 6) is -1.23. The summed E-state index contributed by atoms with van der Waals surface area (Å²) < 4.78 is 27.4. The van der Waals surface area contributed by atoms with Crippen LogP contribution in [-0.4, -0.2) is 48.0 Å². The minimum absolute atomic E-state index is 0.0576. The van der Waals surface area contributed by atoms with Crippen molar-refractivity contribution in [1.29, 1.82) is 10.5 Å². The number of hydrogen-bond donors (Lipinski definition) is 0. The molecule has 0 aliphatic carbocycles. The van der Waals surface area contributed by atoms with E-state index in [1.807, 2.05) is 205 Å². The summed E-state index contributed by atoms with van der Waals surface area (Å²) in [7, 11) is 0. The lowest BCUT2D eigenvalue weighted by molar-refractivity contribution is 0.0464. The van der Waals surface area contributed by atoms with Gasteiger partial charge in [0, 0.05) is 43.8 Å². The predicted octanol–water partition coefficient (Wildman–Crippen LogP) is 17.9. The molecule has 15 heteroatoms. The number of rotatable bonds is 18. The first-order chi connectivity index (χ1) is 49.1. The van der Waals surface area contributed by atoms with E-state index in [2.05, 4.69) is 16.7 Å². The standard InChI is InChI=1S/C85H55N7O8/c86-48-54-26-28-59(29-27-54)68-37-32-62(47-78(68)92-75-40-35-65(84(95)99-52-57-20-10-3-11-21-57)44-71(75)72-45-66(36-41-76(72)92)85(96)100-53-58-22-12-4-13-23-58)81-89-79(60-24-14-5-15-25-60)88-80(90-81)61-30-31-67(49-87)77(46-61)91-73-38-33-63(82(93)97-50-55-16-6-1-7-17-55)42-69(73)70-43-64(34-39-74(70)91)83(94)98-51-56-18-8-2-9-19-56/h1-47H,50-53H2. The Morgan fingerprint density at radius 3 is 0.990 bits per heavy atom. The largest absolute Gasteiger partial charge is 0.457 e. The van der Waals surface area contributed by atoms with E-state index in [1.54, 1.807) is 84.9 Å². The first-order valence-electron chi connectivity index (χ1n) is 32.1. The molecule has 0 saturated heterocycles. The maximum atomic E-state index is 14.0. The fraction of sp³-hybridized carbons (Fsp3) is 0.0471. The predicted molar refractivity (Wildman–Crippen MR) is 382 cm³/mol. The van der Waals surface area contributed by atoms with Crippen LogP contribution in [0.2, 0.25) is 0 Å². The van der Waals surface area contributed by atoms with Crippen molar-refractivity contribution in [2.24, 2.45) is 0 Å². The second-order valence-electron chi connectivity index (χ2n) is 23.8. The van der Waals surface area contributed by atoms with E-state index in [-0.39, 0.29) is 43.4 Å². The van der Waals surface area contributed by atoms with Crippen molar-refractivity contribution in [3.63, 3.8) is 0 Å². The number of ether oxygens (including phenoxy) is 4. The van der Waals surface area contributed by atoms with Crippen molar-refractivity contribution in [3.8, 4) is 68.8 Å². The van der Waals surface area contributed by atoms with Crippen molar-refractivity contribution in [2.45, 2.75) is 26.4 Å². The summed E-state index contributed by atoms with van der Waals surface area (Å²) in [6, 6.07) is 91.6. The highest BCUT2D eigenvalue weighted by Gasteiger charge is 2.25. The third-order valence-electron chi connectivity index (χ3n) is 17.4. The van der Waals surface area contributed by atoms with Gasteiger partial charge in [0.1, 0.15) is 32.5 Å². The van der Waals surface area contributed by atoms with Crippen LogP contribution in [0.15, 0.2) is 285 Å². The van der Waals surface area contributed by atoms with Crippen LogP contribution in [0.1, 0.15) is 74.8 Å². The molecule has 0 aliphatic heterocycles. The summed E-state index contributed by atoms with van der Waals surface area (Å²) in [6.45, 7) is 0.238. The summed E-state index contributed by atoms with van der Waals surface area (Å²) >= 11 is 0. The van der Waals surface area contributed by atoms with Gasteiger partial charge in [-0.1, -0.05) is 176 Å². The number of benzene rings is 12. The molecule has 0 amide bonds. The van der Waals surface area contributed by atoms with Crippen LogP contribution in [0, 0.1) is 22.7 Å². The highest BCUT2D eigenvalue weighted by Crippen LogP contribution is 2.41. The van der Waals surface area contributed by atoms with Gasteiger partial charge < -0.3 is 28.1 Å². The Morgan fingerprint density at radius 1 is 0.310 bits per heavy atom. The molecular weight excluding hydrogens is 1250 g/mol. The quantitative estimate of drug-likeness (QED) is 0.0581. The molecule has 12 aromatic carbocycles. The zero-order valence-corrected chi connectivity index (χ0v) is 53.4. The Kier molecular flexibility index (Phi) is 17.1. The third-order valence-corrected chi connectivity index (χ3v) is 17.4. The molecule has 0 fully saturated rings. The van der Waals surface area contributed by atoms with Crippen molar-refractivity contribution in [3.05, 3.63) is 341 Å². The molecule has 15 rings (SSSR count). The second kappa shape index (κ2) is 27.4. The van der Waals surface area contributed by atoms with E-state index < -0.39 is 23.9 Å².